The van der Waals surface area contributed by atoms with Gasteiger partial charge in [-0.05, 0) is 41.6 Å². The third-order valence-corrected chi connectivity index (χ3v) is 5.33. The van der Waals surface area contributed by atoms with Gasteiger partial charge in [0.1, 0.15) is 0 Å². The Balaban J connectivity index is 2.12. The molecule has 0 amide bonds. The lowest BCUT2D eigenvalue weighted by molar-refractivity contribution is 0.884. The Morgan fingerprint density at radius 1 is 0.708 bits per heavy atom. The van der Waals surface area contributed by atoms with Gasteiger partial charge in [0.15, 0.2) is 0 Å². The van der Waals surface area contributed by atoms with Crippen molar-refractivity contribution in [2.24, 2.45) is 0 Å². The molecule has 0 saturated carbocycles. The van der Waals surface area contributed by atoms with E-state index in [-0.39, 0.29) is 0 Å². The van der Waals surface area contributed by atoms with Crippen molar-refractivity contribution in [1.82, 2.24) is 4.57 Å². The largest absolute Gasteiger partial charge is 0.333 e. The van der Waals surface area contributed by atoms with Gasteiger partial charge in [-0.3, -0.25) is 0 Å². The summed E-state index contributed by atoms with van der Waals surface area (Å²) >= 11 is 0. The van der Waals surface area contributed by atoms with Crippen molar-refractivity contribution in [3.8, 4) is 5.69 Å². The van der Waals surface area contributed by atoms with Crippen LogP contribution in [0.2, 0.25) is 0 Å². The van der Waals surface area contributed by atoms with E-state index >= 15 is 0 Å². The fourth-order valence-corrected chi connectivity index (χ4v) is 3.80. The van der Waals surface area contributed by atoms with E-state index in [2.05, 4.69) is 35.8 Å². The summed E-state index contributed by atoms with van der Waals surface area (Å²) in [5, 5.41) is 3.26. The minimum Gasteiger partial charge on any atom is -0.309 e. The Hall–Kier alpha value is -2.25. The third-order valence-electron chi connectivity index (χ3n) is 4.28. The first-order chi connectivity index (χ1) is 11.7. The molecule has 0 aliphatic heterocycles. The maximum atomic E-state index is 13.1. The lowest BCUT2D eigenvalue weighted by Gasteiger charge is -2.08. The van der Waals surface area contributed by atoms with Gasteiger partial charge in [0, 0.05) is 16.5 Å². The van der Waals surface area contributed by atoms with Gasteiger partial charge in [-0.25, -0.2) is 0 Å². The normalized spacial score (nSPS) is 11.5. The number of aryl methyl sites for hydroxylation is 1. The Morgan fingerprint density at radius 2 is 1.21 bits per heavy atom. The molecule has 0 aliphatic rings. The highest BCUT2D eigenvalue weighted by Gasteiger charge is 2.14. The molecule has 1 nitrogen and oxygen atoms in total. The average molecular weight is 349 g/mol. The Labute approximate surface area is 143 Å². The zero-order chi connectivity index (χ0) is 16.7. The maximum Gasteiger partial charge on any atom is 0.333 e. The van der Waals surface area contributed by atoms with Crippen LogP contribution in [0.4, 0.5) is 8.22 Å². The Bertz CT molecular complexity index is 978. The van der Waals surface area contributed by atoms with Crippen molar-refractivity contribution in [1.29, 1.82) is 0 Å². The summed E-state index contributed by atoms with van der Waals surface area (Å²) in [6.07, 6.45) is 0. The molecule has 0 saturated heterocycles. The monoisotopic (exact) mass is 349 g/mol. The fourth-order valence-electron chi connectivity index (χ4n) is 3.11. The molecule has 116 valence electrons. The highest BCUT2D eigenvalue weighted by molar-refractivity contribution is 6.48. The van der Waals surface area contributed by atoms with Crippen LogP contribution in [0, 0.1) is 6.92 Å². The Kier molecular flexibility index (Phi) is 3.82. The molecule has 0 bridgehead atoms. The van der Waals surface area contributed by atoms with Gasteiger partial charge in [-0.15, -0.1) is 0 Å². The van der Waals surface area contributed by atoms with E-state index in [1.54, 1.807) is 0 Å². The van der Waals surface area contributed by atoms with Crippen LogP contribution in [-0.2, 0) is 0 Å². The van der Waals surface area contributed by atoms with Gasteiger partial charge in [0.05, 0.1) is 11.0 Å². The first-order valence-electron chi connectivity index (χ1n) is 7.60. The number of hydrogen-bond donors (Lipinski definition) is 0. The van der Waals surface area contributed by atoms with Crippen LogP contribution in [0.3, 0.4) is 0 Å². The second-order valence-corrected chi connectivity index (χ2v) is 7.36. The van der Waals surface area contributed by atoms with Crippen molar-refractivity contribution in [2.75, 3.05) is 0 Å². The molecule has 0 unspecified atom stereocenters. The van der Waals surface area contributed by atoms with Gasteiger partial charge >= 0.3 is 19.7 Å². The van der Waals surface area contributed by atoms with Crippen molar-refractivity contribution >= 4 is 51.9 Å². The van der Waals surface area contributed by atoms with Gasteiger partial charge in [-0.1, -0.05) is 42.0 Å². The van der Waals surface area contributed by atoms with E-state index in [9.17, 15) is 8.22 Å². The van der Waals surface area contributed by atoms with E-state index in [0.717, 1.165) is 27.5 Å². The van der Waals surface area contributed by atoms with Crippen LogP contribution < -0.4 is 10.4 Å². The van der Waals surface area contributed by atoms with Gasteiger partial charge in [0.25, 0.3) is 0 Å². The predicted octanol–water partition coefficient (Wildman–Crippen LogP) is 3.52. The van der Waals surface area contributed by atoms with E-state index < -0.39 is 19.7 Å². The maximum absolute atomic E-state index is 13.1. The molecule has 4 aromatic rings. The zero-order valence-corrected chi connectivity index (χ0v) is 15.0. The Morgan fingerprint density at radius 3 is 1.67 bits per heavy atom. The van der Waals surface area contributed by atoms with Crippen molar-refractivity contribution in [3.05, 3.63) is 66.2 Å². The van der Waals surface area contributed by atoms with Gasteiger partial charge < -0.3 is 12.8 Å². The molecular weight excluding hydrogens is 336 g/mol. The summed E-state index contributed by atoms with van der Waals surface area (Å²) in [7, 11) is -1.49. The number of aromatic nitrogens is 1. The van der Waals surface area contributed by atoms with Crippen LogP contribution in [0.5, 0.6) is 0 Å². The molecule has 4 radical (unpaired) electrons. The second kappa shape index (κ2) is 6.00. The molecule has 0 fully saturated rings. The summed E-state index contributed by atoms with van der Waals surface area (Å²) in [6.45, 7) is 2.05. The number of benzene rings is 3. The number of rotatable bonds is 3. The van der Waals surface area contributed by atoms with Crippen molar-refractivity contribution in [3.63, 3.8) is 0 Å². The predicted molar refractivity (Wildman–Crippen MR) is 98.5 cm³/mol. The third kappa shape index (κ3) is 2.40. The van der Waals surface area contributed by atoms with Crippen molar-refractivity contribution in [2.45, 2.75) is 6.92 Å². The molecule has 3 aromatic carbocycles. The molecule has 0 N–H and O–H groups in total. The van der Waals surface area contributed by atoms with Gasteiger partial charge in [0.2, 0.25) is 0 Å². The first-order valence-corrected chi connectivity index (χ1v) is 9.35. The smallest absolute Gasteiger partial charge is 0.309 e. The SMILES string of the molecule is Cc1ccc(-n2c3ccc([Si]F)cc3c3cc([Si]F)ccc32)cc1. The molecule has 0 atom stereocenters. The molecule has 1 heterocycles. The molecule has 4 rings (SSSR count). The highest BCUT2D eigenvalue weighted by atomic mass is 28.3. The lowest BCUT2D eigenvalue weighted by atomic mass is 10.1. The summed E-state index contributed by atoms with van der Waals surface area (Å²) < 4.78 is 28.4. The quantitative estimate of drug-likeness (QED) is 0.394. The lowest BCUT2D eigenvalue weighted by Crippen LogP contribution is -2.08. The summed E-state index contributed by atoms with van der Waals surface area (Å²) in [6, 6.07) is 19.6. The van der Waals surface area contributed by atoms with Crippen LogP contribution in [-0.4, -0.2) is 24.3 Å². The van der Waals surface area contributed by atoms with E-state index in [1.165, 1.54) is 5.56 Å². The first kappa shape index (κ1) is 15.3. The van der Waals surface area contributed by atoms with Crippen LogP contribution in [0.15, 0.2) is 60.7 Å². The van der Waals surface area contributed by atoms with Crippen molar-refractivity contribution < 1.29 is 8.22 Å². The number of fused-ring (bicyclic) bond motifs is 3. The molecule has 1 aromatic heterocycles. The highest BCUT2D eigenvalue weighted by Crippen LogP contribution is 2.31. The van der Waals surface area contributed by atoms with E-state index in [1.807, 2.05) is 36.4 Å². The molecule has 0 spiro atoms. The van der Waals surface area contributed by atoms with Crippen LogP contribution in [0.1, 0.15) is 5.56 Å². The van der Waals surface area contributed by atoms with Crippen LogP contribution in [0.25, 0.3) is 27.5 Å². The summed E-state index contributed by atoms with van der Waals surface area (Å²) in [5.41, 5.74) is 4.26. The van der Waals surface area contributed by atoms with E-state index in [0.29, 0.717) is 10.4 Å². The minimum atomic E-state index is -0.746. The topological polar surface area (TPSA) is 4.93 Å². The molecule has 0 aliphatic carbocycles. The molecule has 24 heavy (non-hydrogen) atoms. The summed E-state index contributed by atoms with van der Waals surface area (Å²) in [4.78, 5) is 0. The number of halogens is 2. The standard InChI is InChI=1S/C19H13F2NSi2/c1-12-2-4-13(5-3-12)22-18-8-6-14(23-20)10-16(18)17-11-15(24-21)7-9-19(17)22/h2-11H,1H3. The number of nitrogens with zero attached hydrogens (tertiary/aromatic N) is 1. The summed E-state index contributed by atoms with van der Waals surface area (Å²) in [5.74, 6) is 0. The van der Waals surface area contributed by atoms with Gasteiger partial charge in [-0.2, -0.15) is 0 Å². The molecular formula is C19H13F2NSi2. The molecule has 5 heteroatoms. The number of hydrogen-bond acceptors (Lipinski definition) is 0. The van der Waals surface area contributed by atoms with E-state index in [4.69, 9.17) is 0 Å². The van der Waals surface area contributed by atoms with Crippen LogP contribution >= 0.6 is 0 Å². The average Bonchev–Trinajstić information content (AvgIpc) is 2.95. The second-order valence-electron chi connectivity index (χ2n) is 5.82. The fraction of sp³-hybridized carbons (Fsp3) is 0.0526. The zero-order valence-electron chi connectivity index (χ0n) is 13.0. The minimum absolute atomic E-state index is 0.665.